The van der Waals surface area contributed by atoms with E-state index in [0.717, 1.165) is 19.3 Å². The third kappa shape index (κ3) is 7.61. The van der Waals surface area contributed by atoms with Gasteiger partial charge in [0.05, 0.1) is 0 Å². The molecule has 0 aliphatic heterocycles. The van der Waals surface area contributed by atoms with E-state index in [1.54, 1.807) is 0 Å². The Kier molecular flexibility index (Phi) is 9.82. The van der Waals surface area contributed by atoms with Gasteiger partial charge in [0, 0.05) is 18.5 Å². The number of unbranched alkanes of at least 4 members (excludes halogenated alkanes) is 1. The van der Waals surface area contributed by atoms with Crippen LogP contribution in [-0.4, -0.2) is 18.5 Å². The number of amides is 1. The van der Waals surface area contributed by atoms with Crippen LogP contribution in [0.4, 0.5) is 0 Å². The van der Waals surface area contributed by atoms with Gasteiger partial charge in [-0.25, -0.2) is 0 Å². The van der Waals surface area contributed by atoms with Crippen molar-refractivity contribution in [2.24, 2.45) is 17.1 Å². The van der Waals surface area contributed by atoms with Gasteiger partial charge in [0.1, 0.15) is 0 Å². The Labute approximate surface area is 112 Å². The fourth-order valence-electron chi connectivity index (χ4n) is 1.42. The highest BCUT2D eigenvalue weighted by Gasteiger charge is 2.27. The first-order chi connectivity index (χ1) is 7.32. The molecule has 0 heterocycles. The average molecular weight is 265 g/mol. The molecule has 3 nitrogen and oxygen atoms in total. The van der Waals surface area contributed by atoms with E-state index in [4.69, 9.17) is 5.73 Å². The summed E-state index contributed by atoms with van der Waals surface area (Å²) >= 11 is 0. The maximum absolute atomic E-state index is 12.0. The first kappa shape index (κ1) is 19.1. The summed E-state index contributed by atoms with van der Waals surface area (Å²) in [4.78, 5) is 12.0. The number of hydrogen-bond donors (Lipinski definition) is 2. The number of carbonyl (C=O) groups is 1. The van der Waals surface area contributed by atoms with Crippen LogP contribution in [0.5, 0.6) is 0 Å². The van der Waals surface area contributed by atoms with E-state index >= 15 is 0 Å². The zero-order valence-corrected chi connectivity index (χ0v) is 12.7. The van der Waals surface area contributed by atoms with Gasteiger partial charge in [-0.2, -0.15) is 0 Å². The molecule has 0 aromatic heterocycles. The molecule has 104 valence electrons. The van der Waals surface area contributed by atoms with Crippen LogP contribution in [-0.2, 0) is 4.79 Å². The van der Waals surface area contributed by atoms with Gasteiger partial charge in [0.25, 0.3) is 0 Å². The Morgan fingerprint density at radius 1 is 1.35 bits per heavy atom. The summed E-state index contributed by atoms with van der Waals surface area (Å²) in [5.41, 5.74) is 5.66. The largest absolute Gasteiger partial charge is 0.352 e. The Bertz CT molecular complexity index is 214. The Hall–Kier alpha value is -0.280. The van der Waals surface area contributed by atoms with Gasteiger partial charge >= 0.3 is 0 Å². The van der Waals surface area contributed by atoms with Crippen LogP contribution < -0.4 is 11.1 Å². The standard InChI is InChI=1S/C13H28N2O.ClH/c1-6-7-8-11(9-14)15-12(16)10(2)13(3,4)5;/h10-11H,6-9,14H2,1-5H3,(H,15,16);1H. The van der Waals surface area contributed by atoms with Crippen molar-refractivity contribution in [2.75, 3.05) is 6.54 Å². The lowest BCUT2D eigenvalue weighted by Crippen LogP contribution is -2.45. The molecule has 0 bridgehead atoms. The molecule has 1 amide bonds. The maximum Gasteiger partial charge on any atom is 0.223 e. The van der Waals surface area contributed by atoms with Crippen molar-refractivity contribution in [1.82, 2.24) is 5.32 Å². The van der Waals surface area contributed by atoms with Crippen LogP contribution in [0.25, 0.3) is 0 Å². The smallest absolute Gasteiger partial charge is 0.223 e. The third-order valence-corrected chi connectivity index (χ3v) is 3.23. The van der Waals surface area contributed by atoms with E-state index in [0.29, 0.717) is 6.54 Å². The fraction of sp³-hybridized carbons (Fsp3) is 0.923. The lowest BCUT2D eigenvalue weighted by Gasteiger charge is -2.28. The van der Waals surface area contributed by atoms with Crippen LogP contribution >= 0.6 is 12.4 Å². The lowest BCUT2D eigenvalue weighted by molar-refractivity contribution is -0.128. The number of nitrogens with one attached hydrogen (secondary N) is 1. The monoisotopic (exact) mass is 264 g/mol. The van der Waals surface area contributed by atoms with Crippen LogP contribution in [0.15, 0.2) is 0 Å². The number of hydrogen-bond acceptors (Lipinski definition) is 2. The van der Waals surface area contributed by atoms with Crippen LogP contribution in [0.1, 0.15) is 53.9 Å². The SMILES string of the molecule is CCCCC(CN)NC(=O)C(C)C(C)(C)C.Cl. The minimum absolute atomic E-state index is 0. The maximum atomic E-state index is 12.0. The van der Waals surface area contributed by atoms with Crippen molar-refractivity contribution in [3.05, 3.63) is 0 Å². The molecule has 0 aromatic rings. The number of halogens is 1. The highest BCUT2D eigenvalue weighted by molar-refractivity contribution is 5.85. The summed E-state index contributed by atoms with van der Waals surface area (Å²) in [6.07, 6.45) is 3.24. The van der Waals surface area contributed by atoms with E-state index in [9.17, 15) is 4.79 Å². The summed E-state index contributed by atoms with van der Waals surface area (Å²) in [6, 6.07) is 0.136. The molecular weight excluding hydrogens is 236 g/mol. The summed E-state index contributed by atoms with van der Waals surface area (Å²) in [5, 5.41) is 3.04. The molecule has 0 rings (SSSR count). The van der Waals surface area contributed by atoms with Gasteiger partial charge in [-0.15, -0.1) is 12.4 Å². The van der Waals surface area contributed by atoms with E-state index in [1.807, 2.05) is 6.92 Å². The number of rotatable bonds is 6. The molecule has 4 heteroatoms. The number of carbonyl (C=O) groups excluding carboxylic acids is 1. The molecule has 17 heavy (non-hydrogen) atoms. The van der Waals surface area contributed by atoms with Gasteiger partial charge < -0.3 is 11.1 Å². The van der Waals surface area contributed by atoms with E-state index < -0.39 is 0 Å². The molecule has 0 aliphatic carbocycles. The van der Waals surface area contributed by atoms with Crippen molar-refractivity contribution < 1.29 is 4.79 Å². The first-order valence-corrected chi connectivity index (χ1v) is 6.33. The second-order valence-corrected chi connectivity index (χ2v) is 5.67. The van der Waals surface area contributed by atoms with Crippen LogP contribution in [0, 0.1) is 11.3 Å². The molecule has 0 aromatic carbocycles. The Balaban J connectivity index is 0. The molecule has 0 saturated heterocycles. The molecule has 2 atom stereocenters. The highest BCUT2D eigenvalue weighted by Crippen LogP contribution is 2.25. The molecule has 0 spiro atoms. The number of nitrogens with two attached hydrogens (primary N) is 1. The normalized spacial score (nSPS) is 14.7. The topological polar surface area (TPSA) is 55.1 Å². The zero-order chi connectivity index (χ0) is 12.8. The summed E-state index contributed by atoms with van der Waals surface area (Å²) in [5.74, 6) is 0.141. The summed E-state index contributed by atoms with van der Waals surface area (Å²) in [7, 11) is 0. The van der Waals surface area contributed by atoms with Crippen molar-refractivity contribution in [3.8, 4) is 0 Å². The second-order valence-electron chi connectivity index (χ2n) is 5.67. The molecule has 0 fully saturated rings. The summed E-state index contributed by atoms with van der Waals surface area (Å²) in [6.45, 7) is 10.9. The van der Waals surface area contributed by atoms with Gasteiger partial charge in [-0.05, 0) is 11.8 Å². The van der Waals surface area contributed by atoms with E-state index in [-0.39, 0.29) is 35.7 Å². The zero-order valence-electron chi connectivity index (χ0n) is 11.9. The molecular formula is C13H29ClN2O. The quantitative estimate of drug-likeness (QED) is 0.775. The molecule has 0 radical (unpaired) electrons. The van der Waals surface area contributed by atoms with Crippen LogP contribution in [0.2, 0.25) is 0 Å². The second kappa shape index (κ2) is 8.76. The minimum atomic E-state index is 0. The average Bonchev–Trinajstić information content (AvgIpc) is 2.21. The van der Waals surface area contributed by atoms with Crippen molar-refractivity contribution in [3.63, 3.8) is 0 Å². The van der Waals surface area contributed by atoms with Gasteiger partial charge in [0.15, 0.2) is 0 Å². The summed E-state index contributed by atoms with van der Waals surface area (Å²) < 4.78 is 0. The lowest BCUT2D eigenvalue weighted by atomic mass is 9.81. The minimum Gasteiger partial charge on any atom is -0.352 e. The fourth-order valence-corrected chi connectivity index (χ4v) is 1.42. The predicted molar refractivity (Wildman–Crippen MR) is 76.4 cm³/mol. The van der Waals surface area contributed by atoms with Crippen LogP contribution in [0.3, 0.4) is 0 Å². The Morgan fingerprint density at radius 3 is 2.24 bits per heavy atom. The Morgan fingerprint density at radius 2 is 1.88 bits per heavy atom. The van der Waals surface area contributed by atoms with Gasteiger partial charge in [-0.3, -0.25) is 4.79 Å². The third-order valence-electron chi connectivity index (χ3n) is 3.23. The van der Waals surface area contributed by atoms with Gasteiger partial charge in [-0.1, -0.05) is 47.5 Å². The van der Waals surface area contributed by atoms with Crippen molar-refractivity contribution in [2.45, 2.75) is 59.9 Å². The molecule has 3 N–H and O–H groups in total. The first-order valence-electron chi connectivity index (χ1n) is 6.33. The highest BCUT2D eigenvalue weighted by atomic mass is 35.5. The van der Waals surface area contributed by atoms with Crippen molar-refractivity contribution in [1.29, 1.82) is 0 Å². The molecule has 0 saturated carbocycles. The van der Waals surface area contributed by atoms with Gasteiger partial charge in [0.2, 0.25) is 5.91 Å². The van der Waals surface area contributed by atoms with E-state index in [2.05, 4.69) is 33.0 Å². The predicted octanol–water partition coefficient (Wildman–Crippen LogP) is 2.72. The molecule has 0 aliphatic rings. The molecule has 2 unspecified atom stereocenters. The van der Waals surface area contributed by atoms with Crippen molar-refractivity contribution >= 4 is 18.3 Å². The van der Waals surface area contributed by atoms with E-state index in [1.165, 1.54) is 0 Å².